The van der Waals surface area contributed by atoms with Crippen LogP contribution in [0.25, 0.3) is 0 Å². The molecule has 5 heteroatoms. The molecule has 0 aliphatic heterocycles. The van der Waals surface area contributed by atoms with Crippen LogP contribution in [0, 0.1) is 0 Å². The van der Waals surface area contributed by atoms with Crippen molar-refractivity contribution < 1.29 is 9.52 Å². The summed E-state index contributed by atoms with van der Waals surface area (Å²) in [7, 11) is 1.94. The number of hydrogen-bond acceptors (Lipinski definition) is 3. The number of aromatic nitrogens is 2. The molecule has 1 unspecified atom stereocenters. The highest BCUT2D eigenvalue weighted by molar-refractivity contribution is 9.10. The molecule has 1 N–H and O–H groups in total. The quantitative estimate of drug-likeness (QED) is 0.938. The predicted octanol–water partition coefficient (Wildman–Crippen LogP) is 2.44. The smallest absolute Gasteiger partial charge is 0.146 e. The van der Waals surface area contributed by atoms with Crippen molar-refractivity contribution in [2.75, 3.05) is 0 Å². The summed E-state index contributed by atoms with van der Waals surface area (Å²) in [6.07, 6.45) is 5.92. The molecule has 0 aliphatic rings. The maximum absolute atomic E-state index is 9.92. The number of imidazole rings is 1. The van der Waals surface area contributed by atoms with Gasteiger partial charge in [-0.3, -0.25) is 0 Å². The van der Waals surface area contributed by atoms with E-state index in [1.54, 1.807) is 18.5 Å². The largest absolute Gasteiger partial charge is 0.465 e. The molecule has 0 amide bonds. The van der Waals surface area contributed by atoms with Gasteiger partial charge < -0.3 is 14.1 Å². The van der Waals surface area contributed by atoms with Crippen LogP contribution in [0.1, 0.15) is 24.1 Å². The normalized spacial score (nSPS) is 12.9. The maximum atomic E-state index is 9.92. The lowest BCUT2D eigenvalue weighted by Gasteiger charge is -2.08. The monoisotopic (exact) mass is 284 g/mol. The molecule has 0 aliphatic carbocycles. The molecule has 0 fully saturated rings. The number of rotatable bonds is 4. The third kappa shape index (κ3) is 2.36. The van der Waals surface area contributed by atoms with Gasteiger partial charge in [0.05, 0.1) is 10.7 Å². The molecule has 0 saturated carbocycles. The van der Waals surface area contributed by atoms with Gasteiger partial charge in [0.15, 0.2) is 0 Å². The standard InChI is InChI=1S/C11H13BrN2O2/c1-14-6-5-13-10(14)3-2-9(15)11-8(12)4-7-16-11/h4-7,9,15H,2-3H2,1H3. The van der Waals surface area contributed by atoms with Gasteiger partial charge in [-0.2, -0.15) is 0 Å². The van der Waals surface area contributed by atoms with E-state index in [2.05, 4.69) is 20.9 Å². The molecule has 2 rings (SSSR count). The average molecular weight is 285 g/mol. The van der Waals surface area contributed by atoms with Crippen molar-refractivity contribution in [2.24, 2.45) is 7.05 Å². The lowest BCUT2D eigenvalue weighted by Crippen LogP contribution is -2.03. The van der Waals surface area contributed by atoms with E-state index >= 15 is 0 Å². The van der Waals surface area contributed by atoms with Crippen LogP contribution >= 0.6 is 15.9 Å². The van der Waals surface area contributed by atoms with Crippen molar-refractivity contribution in [1.29, 1.82) is 0 Å². The van der Waals surface area contributed by atoms with E-state index in [0.717, 1.165) is 16.7 Å². The highest BCUT2D eigenvalue weighted by atomic mass is 79.9. The van der Waals surface area contributed by atoms with Crippen molar-refractivity contribution in [3.8, 4) is 0 Å². The molecule has 1 atom stereocenters. The Bertz CT molecular complexity index is 464. The molecule has 0 spiro atoms. The fourth-order valence-corrected chi connectivity index (χ4v) is 2.04. The molecule has 0 radical (unpaired) electrons. The van der Waals surface area contributed by atoms with Gasteiger partial charge in [0.1, 0.15) is 17.7 Å². The van der Waals surface area contributed by atoms with Gasteiger partial charge >= 0.3 is 0 Å². The minimum Gasteiger partial charge on any atom is -0.465 e. The molecule has 0 bridgehead atoms. The Labute approximate surface area is 102 Å². The summed E-state index contributed by atoms with van der Waals surface area (Å²) < 4.78 is 7.96. The van der Waals surface area contributed by atoms with E-state index in [1.165, 1.54) is 0 Å². The van der Waals surface area contributed by atoms with Gasteiger partial charge in [-0.05, 0) is 28.4 Å². The number of aliphatic hydroxyl groups is 1. The van der Waals surface area contributed by atoms with E-state index in [-0.39, 0.29) is 0 Å². The molecule has 0 saturated heterocycles. The predicted molar refractivity (Wildman–Crippen MR) is 62.9 cm³/mol. The molecular weight excluding hydrogens is 272 g/mol. The highest BCUT2D eigenvalue weighted by Gasteiger charge is 2.15. The van der Waals surface area contributed by atoms with Crippen molar-refractivity contribution in [2.45, 2.75) is 18.9 Å². The van der Waals surface area contributed by atoms with Crippen molar-refractivity contribution in [1.82, 2.24) is 9.55 Å². The number of furan rings is 1. The Morgan fingerprint density at radius 1 is 1.62 bits per heavy atom. The van der Waals surface area contributed by atoms with E-state index in [1.807, 2.05) is 17.8 Å². The molecule has 16 heavy (non-hydrogen) atoms. The second kappa shape index (κ2) is 4.84. The number of nitrogens with zero attached hydrogens (tertiary/aromatic N) is 2. The van der Waals surface area contributed by atoms with Crippen molar-refractivity contribution >= 4 is 15.9 Å². The number of aliphatic hydroxyl groups excluding tert-OH is 1. The Kier molecular flexibility index (Phi) is 3.46. The highest BCUT2D eigenvalue weighted by Crippen LogP contribution is 2.27. The number of hydrogen-bond donors (Lipinski definition) is 1. The second-order valence-corrected chi connectivity index (χ2v) is 4.50. The molecule has 0 aromatic carbocycles. The first-order chi connectivity index (χ1) is 7.68. The first-order valence-corrected chi connectivity index (χ1v) is 5.85. The maximum Gasteiger partial charge on any atom is 0.146 e. The summed E-state index contributed by atoms with van der Waals surface area (Å²) in [6.45, 7) is 0. The van der Waals surface area contributed by atoms with Crippen LogP contribution in [-0.2, 0) is 13.5 Å². The minimum atomic E-state index is -0.596. The van der Waals surface area contributed by atoms with Crippen LogP contribution in [0.2, 0.25) is 0 Å². The minimum absolute atomic E-state index is 0.578. The molecule has 2 heterocycles. The molecule has 86 valence electrons. The topological polar surface area (TPSA) is 51.2 Å². The summed E-state index contributed by atoms with van der Waals surface area (Å²) in [5.41, 5.74) is 0. The lowest BCUT2D eigenvalue weighted by molar-refractivity contribution is 0.138. The SMILES string of the molecule is Cn1ccnc1CCC(O)c1occc1Br. The molecule has 2 aromatic heterocycles. The first-order valence-electron chi connectivity index (χ1n) is 5.05. The van der Waals surface area contributed by atoms with E-state index < -0.39 is 6.10 Å². The summed E-state index contributed by atoms with van der Waals surface area (Å²) in [5, 5.41) is 9.92. The molecular formula is C11H13BrN2O2. The first kappa shape index (κ1) is 11.4. The van der Waals surface area contributed by atoms with Crippen LogP contribution in [0.4, 0.5) is 0 Å². The van der Waals surface area contributed by atoms with Crippen LogP contribution in [0.15, 0.2) is 33.6 Å². The zero-order valence-electron chi connectivity index (χ0n) is 8.93. The van der Waals surface area contributed by atoms with Gasteiger partial charge in [-0.15, -0.1) is 0 Å². The van der Waals surface area contributed by atoms with E-state index in [0.29, 0.717) is 12.2 Å². The van der Waals surface area contributed by atoms with Crippen LogP contribution in [0.5, 0.6) is 0 Å². The number of aryl methyl sites for hydroxylation is 2. The average Bonchev–Trinajstić information content (AvgIpc) is 2.84. The Balaban J connectivity index is 1.97. The fourth-order valence-electron chi connectivity index (χ4n) is 1.58. The lowest BCUT2D eigenvalue weighted by atomic mass is 10.1. The van der Waals surface area contributed by atoms with Crippen LogP contribution in [-0.4, -0.2) is 14.7 Å². The van der Waals surface area contributed by atoms with E-state index in [9.17, 15) is 5.11 Å². The summed E-state index contributed by atoms with van der Waals surface area (Å²) >= 11 is 3.33. The van der Waals surface area contributed by atoms with Gasteiger partial charge in [-0.1, -0.05) is 0 Å². The summed E-state index contributed by atoms with van der Waals surface area (Å²) in [5.74, 6) is 1.54. The Morgan fingerprint density at radius 3 is 3.00 bits per heavy atom. The Morgan fingerprint density at radius 2 is 2.44 bits per heavy atom. The number of halogens is 1. The van der Waals surface area contributed by atoms with Gasteiger partial charge in [0.25, 0.3) is 0 Å². The van der Waals surface area contributed by atoms with Gasteiger partial charge in [-0.25, -0.2) is 4.98 Å². The second-order valence-electron chi connectivity index (χ2n) is 3.64. The fraction of sp³-hybridized carbons (Fsp3) is 0.364. The van der Waals surface area contributed by atoms with Crippen LogP contribution < -0.4 is 0 Å². The van der Waals surface area contributed by atoms with E-state index in [4.69, 9.17) is 4.42 Å². The van der Waals surface area contributed by atoms with Gasteiger partial charge in [0, 0.05) is 25.9 Å². The summed E-state index contributed by atoms with van der Waals surface area (Å²) in [6, 6.07) is 1.78. The van der Waals surface area contributed by atoms with Gasteiger partial charge in [0.2, 0.25) is 0 Å². The molecule has 4 nitrogen and oxygen atoms in total. The third-order valence-corrected chi connectivity index (χ3v) is 3.16. The van der Waals surface area contributed by atoms with Crippen molar-refractivity contribution in [3.05, 3.63) is 40.8 Å². The Hall–Kier alpha value is -1.07. The van der Waals surface area contributed by atoms with Crippen molar-refractivity contribution in [3.63, 3.8) is 0 Å². The molecule has 2 aromatic rings. The zero-order valence-corrected chi connectivity index (χ0v) is 10.5. The zero-order chi connectivity index (χ0) is 11.5. The summed E-state index contributed by atoms with van der Waals surface area (Å²) in [4.78, 5) is 4.20. The van der Waals surface area contributed by atoms with Crippen LogP contribution in [0.3, 0.4) is 0 Å². The third-order valence-electron chi connectivity index (χ3n) is 2.51.